The second-order valence-corrected chi connectivity index (χ2v) is 5.30. The molecule has 0 amide bonds. The minimum Gasteiger partial charge on any atom is -0.423 e. The van der Waals surface area contributed by atoms with Crippen LogP contribution in [0.5, 0.6) is 5.75 Å². The molecule has 25 heavy (non-hydrogen) atoms. The number of ketones is 1. The highest BCUT2D eigenvalue weighted by atomic mass is 16.5. The number of benzene rings is 3. The fourth-order valence-corrected chi connectivity index (χ4v) is 2.31. The Balaban J connectivity index is 1.73. The standard InChI is InChI=1S/C21H13NO3/c22-14-15-5-4-8-18(13-15)21(24)25-19-11-9-17(10-12-19)20(23)16-6-2-1-3-7-16/h1-13H. The van der Waals surface area contributed by atoms with Crippen LogP contribution in [0.1, 0.15) is 31.8 Å². The average molecular weight is 327 g/mol. The lowest BCUT2D eigenvalue weighted by Crippen LogP contribution is -2.09. The topological polar surface area (TPSA) is 67.2 Å². The van der Waals surface area contributed by atoms with Crippen molar-refractivity contribution in [3.8, 4) is 11.8 Å². The summed E-state index contributed by atoms with van der Waals surface area (Å²) in [5.41, 5.74) is 1.79. The lowest BCUT2D eigenvalue weighted by atomic mass is 10.0. The second kappa shape index (κ2) is 7.24. The van der Waals surface area contributed by atoms with Gasteiger partial charge in [-0.2, -0.15) is 5.26 Å². The summed E-state index contributed by atoms with van der Waals surface area (Å²) in [6.07, 6.45) is 0. The number of ether oxygens (including phenoxy) is 1. The van der Waals surface area contributed by atoms with E-state index in [0.29, 0.717) is 28.0 Å². The van der Waals surface area contributed by atoms with Crippen molar-refractivity contribution in [2.45, 2.75) is 0 Å². The first kappa shape index (κ1) is 16.2. The Hall–Kier alpha value is -3.71. The summed E-state index contributed by atoms with van der Waals surface area (Å²) in [6.45, 7) is 0. The van der Waals surface area contributed by atoms with Crippen molar-refractivity contribution in [2.24, 2.45) is 0 Å². The van der Waals surface area contributed by atoms with Crippen LogP contribution in [0.25, 0.3) is 0 Å². The van der Waals surface area contributed by atoms with Crippen molar-refractivity contribution in [3.63, 3.8) is 0 Å². The Bertz CT molecular complexity index is 954. The van der Waals surface area contributed by atoms with Crippen molar-refractivity contribution >= 4 is 11.8 Å². The zero-order chi connectivity index (χ0) is 17.6. The molecule has 0 N–H and O–H groups in total. The van der Waals surface area contributed by atoms with Crippen molar-refractivity contribution in [1.29, 1.82) is 5.26 Å². The zero-order valence-corrected chi connectivity index (χ0v) is 13.2. The number of carbonyl (C=O) groups excluding carboxylic acids is 2. The third-order valence-corrected chi connectivity index (χ3v) is 3.59. The quantitative estimate of drug-likeness (QED) is 0.412. The van der Waals surface area contributed by atoms with Crippen molar-refractivity contribution in [2.75, 3.05) is 0 Å². The molecule has 3 aromatic rings. The van der Waals surface area contributed by atoms with Gasteiger partial charge in [-0.05, 0) is 42.5 Å². The SMILES string of the molecule is N#Cc1cccc(C(=O)Oc2ccc(C(=O)c3ccccc3)cc2)c1. The molecule has 0 fully saturated rings. The van der Waals surface area contributed by atoms with Crippen LogP contribution in [-0.2, 0) is 0 Å². The van der Waals surface area contributed by atoms with Gasteiger partial charge in [-0.1, -0.05) is 36.4 Å². The lowest BCUT2D eigenvalue weighted by Gasteiger charge is -2.06. The molecular weight excluding hydrogens is 314 g/mol. The first-order valence-corrected chi connectivity index (χ1v) is 7.59. The molecule has 0 aliphatic heterocycles. The first-order valence-electron chi connectivity index (χ1n) is 7.59. The maximum atomic E-state index is 12.3. The molecule has 120 valence electrons. The van der Waals surface area contributed by atoms with Gasteiger partial charge < -0.3 is 4.74 Å². The largest absolute Gasteiger partial charge is 0.423 e. The van der Waals surface area contributed by atoms with Gasteiger partial charge in [-0.15, -0.1) is 0 Å². The van der Waals surface area contributed by atoms with Gasteiger partial charge in [-0.25, -0.2) is 4.79 Å². The minimum atomic E-state index is -0.556. The molecule has 0 saturated carbocycles. The Labute approximate surface area is 144 Å². The van der Waals surface area contributed by atoms with Crippen LogP contribution in [0.15, 0.2) is 78.9 Å². The molecule has 4 heteroatoms. The van der Waals surface area contributed by atoms with E-state index >= 15 is 0 Å². The third-order valence-electron chi connectivity index (χ3n) is 3.59. The molecule has 0 bridgehead atoms. The summed E-state index contributed by atoms with van der Waals surface area (Å²) < 4.78 is 5.28. The molecule has 0 atom stereocenters. The van der Waals surface area contributed by atoms with Crippen LogP contribution in [-0.4, -0.2) is 11.8 Å². The summed E-state index contributed by atoms with van der Waals surface area (Å²) in [5.74, 6) is -0.323. The van der Waals surface area contributed by atoms with E-state index in [1.807, 2.05) is 12.1 Å². The number of rotatable bonds is 4. The lowest BCUT2D eigenvalue weighted by molar-refractivity contribution is 0.0734. The van der Waals surface area contributed by atoms with Gasteiger partial charge in [0, 0.05) is 11.1 Å². The van der Waals surface area contributed by atoms with E-state index in [0.717, 1.165) is 0 Å². The smallest absolute Gasteiger partial charge is 0.343 e. The molecule has 0 saturated heterocycles. The molecule has 0 unspecified atom stereocenters. The molecular formula is C21H13NO3. The highest BCUT2D eigenvalue weighted by molar-refractivity contribution is 6.09. The highest BCUT2D eigenvalue weighted by Gasteiger charge is 2.11. The Kier molecular flexibility index (Phi) is 4.68. The second-order valence-electron chi connectivity index (χ2n) is 5.30. The van der Waals surface area contributed by atoms with Crippen LogP contribution in [0.3, 0.4) is 0 Å². The van der Waals surface area contributed by atoms with Crippen LogP contribution in [0, 0.1) is 11.3 Å². The van der Waals surface area contributed by atoms with E-state index < -0.39 is 5.97 Å². The maximum absolute atomic E-state index is 12.3. The maximum Gasteiger partial charge on any atom is 0.343 e. The summed E-state index contributed by atoms with van der Waals surface area (Å²) in [5, 5.41) is 8.88. The van der Waals surface area contributed by atoms with Gasteiger partial charge in [0.2, 0.25) is 0 Å². The van der Waals surface area contributed by atoms with Gasteiger partial charge in [0.15, 0.2) is 5.78 Å². The Morgan fingerprint density at radius 2 is 1.40 bits per heavy atom. The number of nitriles is 1. The highest BCUT2D eigenvalue weighted by Crippen LogP contribution is 2.17. The Morgan fingerprint density at radius 3 is 2.08 bits per heavy atom. The van der Waals surface area contributed by atoms with Crippen molar-refractivity contribution < 1.29 is 14.3 Å². The van der Waals surface area contributed by atoms with Gasteiger partial charge >= 0.3 is 5.97 Å². The summed E-state index contributed by atoms with van der Waals surface area (Å²) >= 11 is 0. The number of esters is 1. The molecule has 3 aromatic carbocycles. The number of carbonyl (C=O) groups is 2. The minimum absolute atomic E-state index is 0.0970. The molecule has 0 aromatic heterocycles. The van der Waals surface area contributed by atoms with Crippen LogP contribution >= 0.6 is 0 Å². The number of nitrogens with zero attached hydrogens (tertiary/aromatic N) is 1. The normalized spacial score (nSPS) is 9.88. The number of hydrogen-bond donors (Lipinski definition) is 0. The predicted octanol–water partition coefficient (Wildman–Crippen LogP) is 4.01. The van der Waals surface area contributed by atoms with Gasteiger partial charge in [0.1, 0.15) is 5.75 Å². The first-order chi connectivity index (χ1) is 12.2. The van der Waals surface area contributed by atoms with E-state index in [9.17, 15) is 9.59 Å². The number of hydrogen-bond acceptors (Lipinski definition) is 4. The fraction of sp³-hybridized carbons (Fsp3) is 0. The molecule has 0 radical (unpaired) electrons. The van der Waals surface area contributed by atoms with E-state index in [-0.39, 0.29) is 5.78 Å². The van der Waals surface area contributed by atoms with E-state index in [1.54, 1.807) is 66.7 Å². The fourth-order valence-electron chi connectivity index (χ4n) is 2.31. The average Bonchev–Trinajstić information content (AvgIpc) is 2.68. The van der Waals surface area contributed by atoms with Gasteiger partial charge in [0.05, 0.1) is 17.2 Å². The van der Waals surface area contributed by atoms with Crippen LogP contribution in [0.2, 0.25) is 0 Å². The Morgan fingerprint density at radius 1 is 0.760 bits per heavy atom. The summed E-state index contributed by atoms with van der Waals surface area (Å²) in [7, 11) is 0. The van der Waals surface area contributed by atoms with Crippen molar-refractivity contribution in [1.82, 2.24) is 0 Å². The third kappa shape index (κ3) is 3.80. The molecule has 4 nitrogen and oxygen atoms in total. The molecule has 0 spiro atoms. The zero-order valence-electron chi connectivity index (χ0n) is 13.2. The van der Waals surface area contributed by atoms with E-state index in [2.05, 4.69) is 0 Å². The molecule has 0 heterocycles. The van der Waals surface area contributed by atoms with Gasteiger partial charge in [-0.3, -0.25) is 4.79 Å². The molecule has 0 aliphatic rings. The van der Waals surface area contributed by atoms with Gasteiger partial charge in [0.25, 0.3) is 0 Å². The summed E-state index contributed by atoms with van der Waals surface area (Å²) in [4.78, 5) is 24.5. The van der Waals surface area contributed by atoms with Crippen molar-refractivity contribution in [3.05, 3.63) is 101 Å². The molecule has 0 aliphatic carbocycles. The van der Waals surface area contributed by atoms with E-state index in [1.165, 1.54) is 6.07 Å². The predicted molar refractivity (Wildman–Crippen MR) is 92.4 cm³/mol. The van der Waals surface area contributed by atoms with Crippen LogP contribution < -0.4 is 4.74 Å². The molecule has 3 rings (SSSR count). The summed E-state index contributed by atoms with van der Waals surface area (Å²) in [6, 6.07) is 23.6. The monoisotopic (exact) mass is 327 g/mol. The van der Waals surface area contributed by atoms with Crippen LogP contribution in [0.4, 0.5) is 0 Å². The van der Waals surface area contributed by atoms with E-state index in [4.69, 9.17) is 10.00 Å².